The minimum atomic E-state index is 0.0756. The highest BCUT2D eigenvalue weighted by atomic mass is 32.1. The number of hydrogen-bond acceptors (Lipinski definition) is 5. The van der Waals surface area contributed by atoms with Crippen LogP contribution in [0.5, 0.6) is 0 Å². The van der Waals surface area contributed by atoms with E-state index in [-0.39, 0.29) is 5.91 Å². The molecule has 1 saturated heterocycles. The number of aromatic nitrogens is 2. The molecule has 1 aromatic carbocycles. The summed E-state index contributed by atoms with van der Waals surface area (Å²) >= 11 is 1.81. The van der Waals surface area contributed by atoms with Crippen molar-refractivity contribution in [2.45, 2.75) is 63.7 Å². The van der Waals surface area contributed by atoms with Crippen molar-refractivity contribution in [3.05, 3.63) is 39.8 Å². The van der Waals surface area contributed by atoms with Gasteiger partial charge in [-0.05, 0) is 69.3 Å². The van der Waals surface area contributed by atoms with E-state index in [1.807, 2.05) is 23.5 Å². The Morgan fingerprint density at radius 1 is 1.07 bits per heavy atom. The predicted octanol–water partition coefficient (Wildman–Crippen LogP) is 4.58. The number of unbranched alkanes of at least 4 members (excludes halogenated alkanes) is 1. The third-order valence-corrected chi connectivity index (χ3v) is 6.99. The van der Waals surface area contributed by atoms with Crippen molar-refractivity contribution in [2.75, 3.05) is 25.0 Å². The summed E-state index contributed by atoms with van der Waals surface area (Å²) in [5.74, 6) is 1.28. The van der Waals surface area contributed by atoms with E-state index >= 15 is 0 Å². The SMILES string of the molecule is CCCCc1ccc(NC(=O)CN2CCC(c3nnc(C4CC4)s3)CC2)cc1. The number of carbonyl (C=O) groups is 1. The van der Waals surface area contributed by atoms with Gasteiger partial charge in [-0.25, -0.2) is 0 Å². The molecule has 2 fully saturated rings. The molecule has 2 aromatic rings. The van der Waals surface area contributed by atoms with Crippen LogP contribution in [0.1, 0.15) is 72.9 Å². The Morgan fingerprint density at radius 3 is 2.32 bits per heavy atom. The minimum absolute atomic E-state index is 0.0756. The van der Waals surface area contributed by atoms with Crippen LogP contribution >= 0.6 is 11.3 Å². The fourth-order valence-electron chi connectivity index (χ4n) is 3.78. The maximum atomic E-state index is 12.4. The second kappa shape index (κ2) is 9.14. The first kappa shape index (κ1) is 19.5. The van der Waals surface area contributed by atoms with Gasteiger partial charge in [0.2, 0.25) is 5.91 Å². The second-order valence-electron chi connectivity index (χ2n) is 8.15. The first-order valence-corrected chi connectivity index (χ1v) is 11.5. The number of amides is 1. The average Bonchev–Trinajstić information content (AvgIpc) is 3.45. The number of rotatable bonds is 8. The van der Waals surface area contributed by atoms with Gasteiger partial charge in [-0.3, -0.25) is 9.69 Å². The Labute approximate surface area is 171 Å². The topological polar surface area (TPSA) is 58.1 Å². The number of aryl methyl sites for hydroxylation is 1. The van der Waals surface area contributed by atoms with Crippen LogP contribution < -0.4 is 5.32 Å². The summed E-state index contributed by atoms with van der Waals surface area (Å²) in [6.07, 6.45) is 8.22. The number of nitrogens with one attached hydrogen (secondary N) is 1. The molecule has 1 saturated carbocycles. The van der Waals surface area contributed by atoms with Crippen molar-refractivity contribution in [3.8, 4) is 0 Å². The quantitative estimate of drug-likeness (QED) is 0.707. The molecule has 0 spiro atoms. The monoisotopic (exact) mass is 398 g/mol. The molecule has 1 N–H and O–H groups in total. The number of piperidine rings is 1. The van der Waals surface area contributed by atoms with Gasteiger partial charge in [0.05, 0.1) is 6.54 Å². The standard InChI is InChI=1S/C22H30N4OS/c1-2-3-4-16-5-9-19(10-6-16)23-20(27)15-26-13-11-18(12-14-26)22-25-24-21(28-22)17-7-8-17/h5-6,9-10,17-18H,2-4,7-8,11-15H2,1H3,(H,23,27). The van der Waals surface area contributed by atoms with Gasteiger partial charge in [0, 0.05) is 17.5 Å². The second-order valence-corrected chi connectivity index (χ2v) is 9.19. The lowest BCUT2D eigenvalue weighted by atomic mass is 9.98. The summed E-state index contributed by atoms with van der Waals surface area (Å²) in [7, 11) is 0. The van der Waals surface area contributed by atoms with Crippen LogP contribution in [0.15, 0.2) is 24.3 Å². The third kappa shape index (κ3) is 5.17. The number of hydrogen-bond donors (Lipinski definition) is 1. The van der Waals surface area contributed by atoms with E-state index in [1.165, 1.54) is 41.3 Å². The summed E-state index contributed by atoms with van der Waals surface area (Å²) < 4.78 is 0. The van der Waals surface area contributed by atoms with E-state index in [2.05, 4.69) is 39.5 Å². The normalized spacial score (nSPS) is 18.3. The zero-order valence-corrected chi connectivity index (χ0v) is 17.5. The van der Waals surface area contributed by atoms with Crippen LogP contribution in [0.3, 0.4) is 0 Å². The van der Waals surface area contributed by atoms with Crippen molar-refractivity contribution >= 4 is 22.9 Å². The lowest BCUT2D eigenvalue weighted by molar-refractivity contribution is -0.117. The molecule has 150 valence electrons. The lowest BCUT2D eigenvalue weighted by Crippen LogP contribution is -2.38. The Morgan fingerprint density at radius 2 is 1.71 bits per heavy atom. The summed E-state index contributed by atoms with van der Waals surface area (Å²) in [5.41, 5.74) is 2.23. The van der Waals surface area contributed by atoms with E-state index in [0.717, 1.165) is 38.0 Å². The largest absolute Gasteiger partial charge is 0.325 e. The molecule has 28 heavy (non-hydrogen) atoms. The fraction of sp³-hybridized carbons (Fsp3) is 0.591. The molecule has 0 unspecified atom stereocenters. The molecule has 1 aliphatic heterocycles. The molecule has 4 rings (SSSR count). The van der Waals surface area contributed by atoms with Crippen molar-refractivity contribution in [2.24, 2.45) is 0 Å². The Kier molecular flexibility index (Phi) is 6.37. The van der Waals surface area contributed by atoms with E-state index in [0.29, 0.717) is 18.4 Å². The van der Waals surface area contributed by atoms with E-state index in [9.17, 15) is 4.79 Å². The van der Waals surface area contributed by atoms with Gasteiger partial charge in [0.1, 0.15) is 10.0 Å². The summed E-state index contributed by atoms with van der Waals surface area (Å²) in [6.45, 7) is 4.57. The van der Waals surface area contributed by atoms with Gasteiger partial charge in [-0.15, -0.1) is 21.5 Å². The van der Waals surface area contributed by atoms with E-state index < -0.39 is 0 Å². The van der Waals surface area contributed by atoms with Crippen molar-refractivity contribution in [1.82, 2.24) is 15.1 Å². The molecular weight excluding hydrogens is 368 g/mol. The van der Waals surface area contributed by atoms with E-state index in [4.69, 9.17) is 0 Å². The highest BCUT2D eigenvalue weighted by Crippen LogP contribution is 2.43. The number of carbonyl (C=O) groups excluding carboxylic acids is 1. The van der Waals surface area contributed by atoms with E-state index in [1.54, 1.807) is 0 Å². The number of anilines is 1. The van der Waals surface area contributed by atoms with Gasteiger partial charge in [-0.2, -0.15) is 0 Å². The van der Waals surface area contributed by atoms with Crippen LogP contribution in [0.4, 0.5) is 5.69 Å². The Bertz CT molecular complexity index is 776. The summed E-state index contributed by atoms with van der Waals surface area (Å²) in [6, 6.07) is 8.27. The Balaban J connectivity index is 1.21. The van der Waals surface area contributed by atoms with Gasteiger partial charge in [-0.1, -0.05) is 25.5 Å². The van der Waals surface area contributed by atoms with Crippen LogP contribution in [-0.2, 0) is 11.2 Å². The number of likely N-dealkylation sites (tertiary alicyclic amines) is 1. The van der Waals surface area contributed by atoms with Crippen molar-refractivity contribution in [3.63, 3.8) is 0 Å². The molecule has 2 aliphatic rings. The average molecular weight is 399 g/mol. The summed E-state index contributed by atoms with van der Waals surface area (Å²) in [4.78, 5) is 14.7. The number of nitrogens with zero attached hydrogens (tertiary/aromatic N) is 3. The maximum absolute atomic E-state index is 12.4. The molecular formula is C22H30N4OS. The highest BCUT2D eigenvalue weighted by molar-refractivity contribution is 7.11. The zero-order chi connectivity index (χ0) is 19.3. The molecule has 2 heterocycles. The molecule has 1 aliphatic carbocycles. The predicted molar refractivity (Wildman–Crippen MR) is 114 cm³/mol. The van der Waals surface area contributed by atoms with Crippen LogP contribution in [0.2, 0.25) is 0 Å². The van der Waals surface area contributed by atoms with Crippen LogP contribution in [0, 0.1) is 0 Å². The third-order valence-electron chi connectivity index (χ3n) is 5.74. The summed E-state index contributed by atoms with van der Waals surface area (Å²) in [5, 5.41) is 14.3. The molecule has 0 bridgehead atoms. The first-order chi connectivity index (χ1) is 13.7. The molecule has 6 heteroatoms. The smallest absolute Gasteiger partial charge is 0.238 e. The van der Waals surface area contributed by atoms with Crippen molar-refractivity contribution < 1.29 is 4.79 Å². The highest BCUT2D eigenvalue weighted by Gasteiger charge is 2.30. The molecule has 0 radical (unpaired) electrons. The zero-order valence-electron chi connectivity index (χ0n) is 16.7. The molecule has 1 aromatic heterocycles. The van der Waals surface area contributed by atoms with Crippen molar-refractivity contribution in [1.29, 1.82) is 0 Å². The van der Waals surface area contributed by atoms with Gasteiger partial charge in [0.25, 0.3) is 0 Å². The molecule has 0 atom stereocenters. The Hall–Kier alpha value is -1.79. The van der Waals surface area contributed by atoms with Gasteiger partial charge in [0.15, 0.2) is 0 Å². The lowest BCUT2D eigenvalue weighted by Gasteiger charge is -2.30. The van der Waals surface area contributed by atoms with Crippen LogP contribution in [0.25, 0.3) is 0 Å². The maximum Gasteiger partial charge on any atom is 0.238 e. The molecule has 5 nitrogen and oxygen atoms in total. The first-order valence-electron chi connectivity index (χ1n) is 10.7. The van der Waals surface area contributed by atoms with Gasteiger partial charge >= 0.3 is 0 Å². The fourth-order valence-corrected chi connectivity index (χ4v) is 4.97. The van der Waals surface area contributed by atoms with Crippen LogP contribution in [-0.4, -0.2) is 40.6 Å². The molecule has 1 amide bonds. The number of benzene rings is 1. The van der Waals surface area contributed by atoms with Gasteiger partial charge < -0.3 is 5.32 Å². The minimum Gasteiger partial charge on any atom is -0.325 e.